The molecule has 3 heterocycles. The minimum absolute atomic E-state index is 0.00433. The fourth-order valence-electron chi connectivity index (χ4n) is 3.36. The van der Waals surface area contributed by atoms with Crippen molar-refractivity contribution in [3.8, 4) is 17.6 Å². The molecule has 1 N–H and O–H groups in total. The first-order valence-electron chi connectivity index (χ1n) is 9.57. The van der Waals surface area contributed by atoms with Crippen LogP contribution in [0.2, 0.25) is 0 Å². The van der Waals surface area contributed by atoms with Gasteiger partial charge in [0.2, 0.25) is 0 Å². The fraction of sp³-hybridized carbons (Fsp3) is 0.261. The van der Waals surface area contributed by atoms with Crippen LogP contribution in [0.4, 0.5) is 5.69 Å². The average Bonchev–Trinajstić information content (AvgIpc) is 2.73. The summed E-state index contributed by atoms with van der Waals surface area (Å²) in [6.07, 6.45) is 3.54. The van der Waals surface area contributed by atoms with E-state index in [2.05, 4.69) is 22.1 Å². The zero-order chi connectivity index (χ0) is 20.2. The van der Waals surface area contributed by atoms with Crippen molar-refractivity contribution in [2.45, 2.75) is 19.8 Å². The molecule has 2 aromatic rings. The second-order valence-electron chi connectivity index (χ2n) is 7.08. The normalized spacial score (nSPS) is 15.4. The van der Waals surface area contributed by atoms with E-state index in [-0.39, 0.29) is 18.4 Å². The van der Waals surface area contributed by atoms with Gasteiger partial charge >= 0.3 is 0 Å². The maximum absolute atomic E-state index is 12.8. The number of piperidine rings is 1. The molecular formula is C23H21N3O3. The molecule has 0 saturated carbocycles. The van der Waals surface area contributed by atoms with Crippen molar-refractivity contribution < 1.29 is 14.3 Å². The van der Waals surface area contributed by atoms with Gasteiger partial charge < -0.3 is 15.0 Å². The van der Waals surface area contributed by atoms with Crippen LogP contribution in [0.5, 0.6) is 5.75 Å². The van der Waals surface area contributed by atoms with E-state index in [1.807, 2.05) is 36.1 Å². The molecule has 2 amide bonds. The van der Waals surface area contributed by atoms with Gasteiger partial charge in [-0.2, -0.15) is 0 Å². The number of hydrogen-bond donors (Lipinski definition) is 1. The van der Waals surface area contributed by atoms with Crippen LogP contribution < -0.4 is 10.1 Å². The third kappa shape index (κ3) is 4.46. The summed E-state index contributed by atoms with van der Waals surface area (Å²) in [6.45, 7) is 3.24. The number of pyridine rings is 1. The molecule has 4 rings (SSSR count). The van der Waals surface area contributed by atoms with Crippen LogP contribution in [-0.2, 0) is 4.79 Å². The van der Waals surface area contributed by atoms with Gasteiger partial charge in [-0.25, -0.2) is 4.98 Å². The number of amides is 2. The maximum atomic E-state index is 12.8. The number of rotatable bonds is 1. The standard InChI is InChI=1S/C23H21N3O3/c1-16-4-2-6-19(24-16)7-3-5-17-10-12-26(13-11-17)23(28)18-8-9-21-20(14-18)25-22(27)15-29-21/h2,4-6,8-9,14H,10-13,15H2,1H3,(H,25,27). The van der Waals surface area contributed by atoms with Gasteiger partial charge in [-0.1, -0.05) is 17.6 Å². The molecule has 29 heavy (non-hydrogen) atoms. The molecule has 1 saturated heterocycles. The molecule has 146 valence electrons. The second-order valence-corrected chi connectivity index (χ2v) is 7.08. The Morgan fingerprint density at radius 2 is 2.07 bits per heavy atom. The average molecular weight is 387 g/mol. The molecular weight excluding hydrogens is 366 g/mol. The lowest BCUT2D eigenvalue weighted by Crippen LogP contribution is -2.36. The largest absolute Gasteiger partial charge is 0.482 e. The summed E-state index contributed by atoms with van der Waals surface area (Å²) in [4.78, 5) is 30.5. The predicted molar refractivity (Wildman–Crippen MR) is 110 cm³/mol. The first kappa shape index (κ1) is 18.8. The van der Waals surface area contributed by atoms with E-state index in [0.29, 0.717) is 30.1 Å². The van der Waals surface area contributed by atoms with Gasteiger partial charge in [0.15, 0.2) is 6.61 Å². The molecule has 2 aliphatic rings. The Hall–Kier alpha value is -3.59. The van der Waals surface area contributed by atoms with Gasteiger partial charge in [0, 0.05) is 24.3 Å². The Bertz CT molecular complexity index is 1050. The molecule has 6 heteroatoms. The number of aryl methyl sites for hydroxylation is 1. The second kappa shape index (κ2) is 8.19. The zero-order valence-corrected chi connectivity index (χ0v) is 16.2. The number of benzene rings is 1. The quantitative estimate of drug-likeness (QED) is 0.764. The Morgan fingerprint density at radius 3 is 2.86 bits per heavy atom. The van der Waals surface area contributed by atoms with Crippen molar-refractivity contribution in [3.63, 3.8) is 0 Å². The van der Waals surface area contributed by atoms with E-state index in [1.165, 1.54) is 5.57 Å². The van der Waals surface area contributed by atoms with E-state index >= 15 is 0 Å². The molecule has 1 aromatic heterocycles. The number of likely N-dealkylation sites (tertiary alicyclic amines) is 1. The first-order chi connectivity index (χ1) is 14.1. The number of fused-ring (bicyclic) bond motifs is 1. The third-order valence-electron chi connectivity index (χ3n) is 4.92. The zero-order valence-electron chi connectivity index (χ0n) is 16.2. The van der Waals surface area contributed by atoms with Crippen molar-refractivity contribution >= 4 is 17.5 Å². The molecule has 0 bridgehead atoms. The van der Waals surface area contributed by atoms with Gasteiger partial charge in [0.05, 0.1) is 5.69 Å². The van der Waals surface area contributed by atoms with Crippen LogP contribution in [0, 0.1) is 18.8 Å². The summed E-state index contributed by atoms with van der Waals surface area (Å²) in [7, 11) is 0. The van der Waals surface area contributed by atoms with Crippen LogP contribution in [0.1, 0.15) is 34.6 Å². The highest BCUT2D eigenvalue weighted by atomic mass is 16.5. The number of hydrogen-bond acceptors (Lipinski definition) is 4. The highest BCUT2D eigenvalue weighted by Crippen LogP contribution is 2.29. The molecule has 0 unspecified atom stereocenters. The Kier molecular flexibility index (Phi) is 5.30. The molecule has 0 aliphatic carbocycles. The number of nitrogens with one attached hydrogen (secondary N) is 1. The highest BCUT2D eigenvalue weighted by Gasteiger charge is 2.23. The fourth-order valence-corrected chi connectivity index (χ4v) is 3.36. The predicted octanol–water partition coefficient (Wildman–Crippen LogP) is 2.94. The minimum atomic E-state index is -0.211. The molecule has 0 spiro atoms. The van der Waals surface area contributed by atoms with Crippen LogP contribution >= 0.6 is 0 Å². The Balaban J connectivity index is 1.38. The number of anilines is 1. The minimum Gasteiger partial charge on any atom is -0.482 e. The Labute approximate surface area is 169 Å². The number of carbonyl (C=O) groups is 2. The SMILES string of the molecule is Cc1cccc(C#CC=C2CCN(C(=O)c3ccc4c(c3)NC(=O)CO4)CC2)n1. The van der Waals surface area contributed by atoms with Gasteiger partial charge in [-0.05, 0) is 62.1 Å². The first-order valence-corrected chi connectivity index (χ1v) is 9.57. The maximum Gasteiger partial charge on any atom is 0.262 e. The van der Waals surface area contributed by atoms with Crippen molar-refractivity contribution in [1.29, 1.82) is 0 Å². The number of carbonyl (C=O) groups excluding carboxylic acids is 2. The van der Waals surface area contributed by atoms with Gasteiger partial charge in [-0.15, -0.1) is 0 Å². The lowest BCUT2D eigenvalue weighted by Gasteiger charge is -2.28. The molecule has 6 nitrogen and oxygen atoms in total. The lowest BCUT2D eigenvalue weighted by atomic mass is 10.0. The van der Waals surface area contributed by atoms with E-state index in [9.17, 15) is 9.59 Å². The van der Waals surface area contributed by atoms with Crippen LogP contribution in [-0.4, -0.2) is 41.4 Å². The van der Waals surface area contributed by atoms with Gasteiger partial charge in [0.25, 0.3) is 11.8 Å². The third-order valence-corrected chi connectivity index (χ3v) is 4.92. The smallest absolute Gasteiger partial charge is 0.262 e. The summed E-state index contributed by atoms with van der Waals surface area (Å²) >= 11 is 0. The van der Waals surface area contributed by atoms with Gasteiger partial charge in [0.1, 0.15) is 11.4 Å². The highest BCUT2D eigenvalue weighted by molar-refractivity contribution is 5.99. The van der Waals surface area contributed by atoms with Crippen molar-refractivity contribution in [2.75, 3.05) is 25.0 Å². The lowest BCUT2D eigenvalue weighted by molar-refractivity contribution is -0.118. The summed E-state index contributed by atoms with van der Waals surface area (Å²) in [5.74, 6) is 6.48. The molecule has 0 radical (unpaired) electrons. The van der Waals surface area contributed by atoms with Crippen molar-refractivity contribution in [3.05, 3.63) is 65.0 Å². The van der Waals surface area contributed by atoms with Gasteiger partial charge in [-0.3, -0.25) is 9.59 Å². The van der Waals surface area contributed by atoms with Crippen LogP contribution in [0.3, 0.4) is 0 Å². The van der Waals surface area contributed by atoms with E-state index in [1.54, 1.807) is 18.2 Å². The summed E-state index contributed by atoms with van der Waals surface area (Å²) in [5.41, 5.74) is 4.04. The Morgan fingerprint density at radius 1 is 1.24 bits per heavy atom. The van der Waals surface area contributed by atoms with Crippen LogP contribution in [0.15, 0.2) is 48.0 Å². The van der Waals surface area contributed by atoms with E-state index < -0.39 is 0 Å². The van der Waals surface area contributed by atoms with Crippen molar-refractivity contribution in [1.82, 2.24) is 9.88 Å². The number of ether oxygens (including phenoxy) is 1. The molecule has 2 aliphatic heterocycles. The molecule has 1 fully saturated rings. The number of nitrogens with zero attached hydrogens (tertiary/aromatic N) is 2. The number of aromatic nitrogens is 1. The van der Waals surface area contributed by atoms with E-state index in [0.717, 1.165) is 24.2 Å². The summed E-state index contributed by atoms with van der Waals surface area (Å²) in [6, 6.07) is 10.9. The van der Waals surface area contributed by atoms with Crippen LogP contribution in [0.25, 0.3) is 0 Å². The van der Waals surface area contributed by atoms with E-state index in [4.69, 9.17) is 4.74 Å². The molecule has 0 atom stereocenters. The van der Waals surface area contributed by atoms with Crippen molar-refractivity contribution in [2.24, 2.45) is 0 Å². The molecule has 1 aromatic carbocycles. The monoisotopic (exact) mass is 387 g/mol. The summed E-state index contributed by atoms with van der Waals surface area (Å²) < 4.78 is 5.34. The topological polar surface area (TPSA) is 71.5 Å². The number of allylic oxidation sites excluding steroid dienone is 1. The summed E-state index contributed by atoms with van der Waals surface area (Å²) in [5, 5.41) is 2.74.